The zero-order valence-electron chi connectivity index (χ0n) is 8.56. The lowest BCUT2D eigenvalue weighted by molar-refractivity contribution is 0.313. The van der Waals surface area contributed by atoms with Gasteiger partial charge in [-0.25, -0.2) is 0 Å². The summed E-state index contributed by atoms with van der Waals surface area (Å²) in [6.45, 7) is 0.983. The van der Waals surface area contributed by atoms with E-state index in [1.807, 2.05) is 18.2 Å². The van der Waals surface area contributed by atoms with E-state index in [4.69, 9.17) is 5.21 Å². The molecule has 0 bridgehead atoms. The third-order valence-corrected chi connectivity index (χ3v) is 2.68. The van der Waals surface area contributed by atoms with Gasteiger partial charge in [-0.15, -0.1) is 0 Å². The lowest BCUT2D eigenvalue weighted by Crippen LogP contribution is -2.41. The fraction of sp³-hybridized carbons (Fsp3) is 0.455. The highest BCUT2D eigenvalue weighted by atomic mass is 16.4. The average Bonchev–Trinajstić information content (AvgIpc) is 2.33. The van der Waals surface area contributed by atoms with Crippen LogP contribution >= 0.6 is 0 Å². The molecule has 15 heavy (non-hydrogen) atoms. The molecule has 1 atom stereocenters. The molecule has 0 aliphatic carbocycles. The number of hydrogen-bond donors (Lipinski definition) is 2. The molecule has 0 spiro atoms. The number of oxime groups is 1. The highest BCUT2D eigenvalue weighted by Crippen LogP contribution is 2.12. The van der Waals surface area contributed by atoms with Crippen molar-refractivity contribution in [1.82, 2.24) is 10.3 Å². The van der Waals surface area contributed by atoms with Crippen LogP contribution in [0, 0.1) is 0 Å². The standard InChI is InChI=1S/C11H15N3O/c15-14-11(9-5-1-3-7-12-9)10-6-2-4-8-13-10/h1,3,5,7,10,13,15H,2,4,6,8H2/b14-11-. The van der Waals surface area contributed by atoms with E-state index in [9.17, 15) is 0 Å². The third kappa shape index (κ3) is 2.33. The second kappa shape index (κ2) is 4.89. The van der Waals surface area contributed by atoms with Crippen LogP contribution in [0.4, 0.5) is 0 Å². The molecule has 1 unspecified atom stereocenters. The Hall–Kier alpha value is -1.42. The van der Waals surface area contributed by atoms with Gasteiger partial charge in [-0.2, -0.15) is 0 Å². The zero-order valence-corrected chi connectivity index (χ0v) is 8.56. The Bertz CT molecular complexity index is 331. The minimum absolute atomic E-state index is 0.138. The molecule has 0 radical (unpaired) electrons. The molecule has 0 amide bonds. The number of piperidine rings is 1. The first-order valence-corrected chi connectivity index (χ1v) is 5.28. The van der Waals surface area contributed by atoms with Gasteiger partial charge in [0.05, 0.1) is 11.7 Å². The summed E-state index contributed by atoms with van der Waals surface area (Å²) < 4.78 is 0. The molecule has 1 aromatic heterocycles. The van der Waals surface area contributed by atoms with Gasteiger partial charge in [0.1, 0.15) is 5.71 Å². The van der Waals surface area contributed by atoms with Gasteiger partial charge < -0.3 is 10.5 Å². The normalized spacial score (nSPS) is 22.7. The highest BCUT2D eigenvalue weighted by molar-refractivity contribution is 6.02. The predicted octanol–water partition coefficient (Wildman–Crippen LogP) is 1.40. The van der Waals surface area contributed by atoms with Gasteiger partial charge in [0.15, 0.2) is 0 Å². The van der Waals surface area contributed by atoms with E-state index in [1.165, 1.54) is 12.8 Å². The van der Waals surface area contributed by atoms with Crippen molar-refractivity contribution < 1.29 is 5.21 Å². The number of rotatable bonds is 2. The molecule has 1 aliphatic heterocycles. The van der Waals surface area contributed by atoms with Crippen molar-refractivity contribution in [1.29, 1.82) is 0 Å². The van der Waals surface area contributed by atoms with E-state index in [1.54, 1.807) is 6.20 Å². The van der Waals surface area contributed by atoms with Crippen LogP contribution in [0.5, 0.6) is 0 Å². The van der Waals surface area contributed by atoms with Crippen LogP contribution in [0.1, 0.15) is 25.0 Å². The Morgan fingerprint density at radius 1 is 1.47 bits per heavy atom. The van der Waals surface area contributed by atoms with Crippen molar-refractivity contribution in [2.24, 2.45) is 5.16 Å². The van der Waals surface area contributed by atoms with E-state index in [0.29, 0.717) is 5.71 Å². The summed E-state index contributed by atoms with van der Waals surface area (Å²) >= 11 is 0. The summed E-state index contributed by atoms with van der Waals surface area (Å²) in [7, 11) is 0. The van der Waals surface area contributed by atoms with Crippen molar-refractivity contribution in [2.75, 3.05) is 6.54 Å². The van der Waals surface area contributed by atoms with Crippen molar-refractivity contribution >= 4 is 5.71 Å². The molecule has 2 N–H and O–H groups in total. The van der Waals surface area contributed by atoms with Gasteiger partial charge >= 0.3 is 0 Å². The molecule has 0 saturated carbocycles. The van der Waals surface area contributed by atoms with Crippen molar-refractivity contribution in [3.63, 3.8) is 0 Å². The number of pyridine rings is 1. The minimum Gasteiger partial charge on any atom is -0.411 e. The molecule has 1 saturated heterocycles. The van der Waals surface area contributed by atoms with Crippen LogP contribution in [0.2, 0.25) is 0 Å². The van der Waals surface area contributed by atoms with Gasteiger partial charge in [-0.05, 0) is 31.5 Å². The molecule has 80 valence electrons. The van der Waals surface area contributed by atoms with Gasteiger partial charge in [0.2, 0.25) is 0 Å². The Morgan fingerprint density at radius 2 is 2.40 bits per heavy atom. The maximum atomic E-state index is 9.04. The van der Waals surface area contributed by atoms with Gasteiger partial charge in [0, 0.05) is 6.20 Å². The molecular weight excluding hydrogens is 190 g/mol. The van der Waals surface area contributed by atoms with Crippen molar-refractivity contribution in [3.8, 4) is 0 Å². The predicted molar refractivity (Wildman–Crippen MR) is 58.2 cm³/mol. The largest absolute Gasteiger partial charge is 0.411 e. The third-order valence-electron chi connectivity index (χ3n) is 2.68. The summed E-state index contributed by atoms with van der Waals surface area (Å²) in [6, 6.07) is 5.76. The lowest BCUT2D eigenvalue weighted by Gasteiger charge is -2.23. The smallest absolute Gasteiger partial charge is 0.122 e. The SMILES string of the molecule is O/N=C(/c1ccccn1)C1CCCCN1. The Balaban J connectivity index is 2.17. The maximum Gasteiger partial charge on any atom is 0.122 e. The molecule has 1 aliphatic rings. The van der Waals surface area contributed by atoms with Crippen LogP contribution in [-0.4, -0.2) is 28.5 Å². The van der Waals surface area contributed by atoms with E-state index in [2.05, 4.69) is 15.5 Å². The first-order chi connectivity index (χ1) is 7.42. The first-order valence-electron chi connectivity index (χ1n) is 5.28. The van der Waals surface area contributed by atoms with Crippen LogP contribution in [0.3, 0.4) is 0 Å². The average molecular weight is 205 g/mol. The van der Waals surface area contributed by atoms with Gasteiger partial charge in [0.25, 0.3) is 0 Å². The molecule has 1 fully saturated rings. The maximum absolute atomic E-state index is 9.04. The summed E-state index contributed by atoms with van der Waals surface area (Å²) in [4.78, 5) is 4.19. The Kier molecular flexibility index (Phi) is 3.29. The summed E-state index contributed by atoms with van der Waals surface area (Å²) in [5, 5.41) is 15.8. The lowest BCUT2D eigenvalue weighted by atomic mass is 9.98. The topological polar surface area (TPSA) is 57.5 Å². The molecule has 4 heteroatoms. The first kappa shape index (κ1) is 10.1. The van der Waals surface area contributed by atoms with E-state index in [-0.39, 0.29) is 6.04 Å². The zero-order chi connectivity index (χ0) is 10.5. The molecule has 1 aromatic rings. The summed E-state index contributed by atoms with van der Waals surface area (Å²) in [6.07, 6.45) is 5.08. The minimum atomic E-state index is 0.138. The van der Waals surface area contributed by atoms with Gasteiger partial charge in [-0.1, -0.05) is 17.6 Å². The monoisotopic (exact) mass is 205 g/mol. The number of nitrogens with zero attached hydrogens (tertiary/aromatic N) is 2. The second-order valence-corrected chi connectivity index (χ2v) is 3.70. The second-order valence-electron chi connectivity index (χ2n) is 3.70. The van der Waals surface area contributed by atoms with Crippen LogP contribution in [-0.2, 0) is 0 Å². The highest BCUT2D eigenvalue weighted by Gasteiger charge is 2.21. The van der Waals surface area contributed by atoms with Crippen LogP contribution in [0.25, 0.3) is 0 Å². The van der Waals surface area contributed by atoms with Crippen molar-refractivity contribution in [3.05, 3.63) is 30.1 Å². The van der Waals surface area contributed by atoms with E-state index >= 15 is 0 Å². The molecule has 2 heterocycles. The van der Waals surface area contributed by atoms with Gasteiger partial charge in [-0.3, -0.25) is 4.98 Å². The number of aromatic nitrogens is 1. The van der Waals surface area contributed by atoms with Crippen LogP contribution < -0.4 is 5.32 Å². The Labute approximate surface area is 89.0 Å². The quantitative estimate of drug-likeness (QED) is 0.436. The fourth-order valence-electron chi connectivity index (χ4n) is 1.90. The van der Waals surface area contributed by atoms with Crippen LogP contribution in [0.15, 0.2) is 29.6 Å². The summed E-state index contributed by atoms with van der Waals surface area (Å²) in [5.41, 5.74) is 1.40. The van der Waals surface area contributed by atoms with E-state index in [0.717, 1.165) is 18.7 Å². The fourth-order valence-corrected chi connectivity index (χ4v) is 1.90. The summed E-state index contributed by atoms with van der Waals surface area (Å²) in [5.74, 6) is 0. The molecule has 2 rings (SSSR count). The van der Waals surface area contributed by atoms with E-state index < -0.39 is 0 Å². The number of nitrogens with one attached hydrogen (secondary N) is 1. The van der Waals surface area contributed by atoms with Crippen molar-refractivity contribution in [2.45, 2.75) is 25.3 Å². The molecular formula is C11H15N3O. The molecule has 0 aromatic carbocycles. The Morgan fingerprint density at radius 3 is 3.00 bits per heavy atom. The molecule has 4 nitrogen and oxygen atoms in total. The number of hydrogen-bond acceptors (Lipinski definition) is 4.